The Labute approximate surface area is 162 Å². The van der Waals surface area contributed by atoms with Gasteiger partial charge in [0.25, 0.3) is 0 Å². The second-order valence-corrected chi connectivity index (χ2v) is 7.79. The predicted octanol–water partition coefficient (Wildman–Crippen LogP) is 1.56. The minimum absolute atomic E-state index is 0.152. The van der Waals surface area contributed by atoms with Crippen LogP contribution in [0.5, 0.6) is 0 Å². The number of carbonyl (C=O) groups is 1. The molecule has 3 aliphatic heterocycles. The number of nitrogens with zero attached hydrogens (tertiary/aromatic N) is 3. The second kappa shape index (κ2) is 9.15. The van der Waals surface area contributed by atoms with Gasteiger partial charge in [-0.15, -0.1) is 0 Å². The highest BCUT2D eigenvalue weighted by Crippen LogP contribution is 2.24. The predicted molar refractivity (Wildman–Crippen MR) is 103 cm³/mol. The molecule has 3 fully saturated rings. The number of hydrogen-bond donors (Lipinski definition) is 0. The van der Waals surface area contributed by atoms with Crippen LogP contribution < -0.4 is 0 Å². The molecule has 1 unspecified atom stereocenters. The van der Waals surface area contributed by atoms with E-state index in [0.717, 1.165) is 52.1 Å². The molecule has 1 atom stereocenters. The van der Waals surface area contributed by atoms with E-state index in [1.807, 2.05) is 4.90 Å². The summed E-state index contributed by atoms with van der Waals surface area (Å²) >= 11 is 0. The Bertz CT molecular complexity index is 598. The SMILES string of the molecule is O=C(CN1CCCCC1C1OCCO1)N1CCN(Cc2ccccc2)CC1. The topological polar surface area (TPSA) is 45.3 Å². The summed E-state index contributed by atoms with van der Waals surface area (Å²) in [5.41, 5.74) is 1.34. The van der Waals surface area contributed by atoms with Crippen molar-refractivity contribution in [3.05, 3.63) is 35.9 Å². The van der Waals surface area contributed by atoms with Gasteiger partial charge in [0.15, 0.2) is 6.29 Å². The van der Waals surface area contributed by atoms with Gasteiger partial charge in [-0.3, -0.25) is 14.6 Å². The average Bonchev–Trinajstić information content (AvgIpc) is 3.24. The number of amides is 1. The molecule has 27 heavy (non-hydrogen) atoms. The highest BCUT2D eigenvalue weighted by molar-refractivity contribution is 5.78. The maximum atomic E-state index is 12.9. The molecule has 0 bridgehead atoms. The zero-order chi connectivity index (χ0) is 18.5. The van der Waals surface area contributed by atoms with E-state index in [-0.39, 0.29) is 18.2 Å². The van der Waals surface area contributed by atoms with Crippen molar-refractivity contribution < 1.29 is 14.3 Å². The summed E-state index contributed by atoms with van der Waals surface area (Å²) in [6.45, 7) is 7.30. The van der Waals surface area contributed by atoms with Gasteiger partial charge in [0, 0.05) is 32.7 Å². The van der Waals surface area contributed by atoms with Gasteiger partial charge in [0.2, 0.25) is 5.91 Å². The van der Waals surface area contributed by atoms with Crippen LogP contribution in [0.3, 0.4) is 0 Å². The molecule has 0 saturated carbocycles. The van der Waals surface area contributed by atoms with Crippen molar-refractivity contribution in [2.24, 2.45) is 0 Å². The van der Waals surface area contributed by atoms with Crippen molar-refractivity contribution in [2.75, 3.05) is 52.5 Å². The molecule has 6 heteroatoms. The molecule has 1 amide bonds. The lowest BCUT2D eigenvalue weighted by atomic mass is 10.0. The van der Waals surface area contributed by atoms with Gasteiger partial charge in [-0.25, -0.2) is 0 Å². The number of hydrogen-bond acceptors (Lipinski definition) is 5. The Hall–Kier alpha value is -1.47. The third kappa shape index (κ3) is 4.88. The number of ether oxygens (including phenoxy) is 2. The molecule has 1 aromatic rings. The monoisotopic (exact) mass is 373 g/mol. The van der Waals surface area contributed by atoms with Crippen molar-refractivity contribution in [2.45, 2.75) is 38.1 Å². The minimum Gasteiger partial charge on any atom is -0.349 e. The standard InChI is InChI=1S/C21H31N3O3/c25-20(17-24-9-5-4-8-19(24)21-26-14-15-27-21)23-12-10-22(11-13-23)16-18-6-2-1-3-7-18/h1-3,6-7,19,21H,4-5,8-17H2. The van der Waals surface area contributed by atoms with Crippen molar-refractivity contribution in [3.8, 4) is 0 Å². The zero-order valence-corrected chi connectivity index (χ0v) is 16.1. The molecule has 3 heterocycles. The lowest BCUT2D eigenvalue weighted by Gasteiger charge is -2.40. The molecule has 3 aliphatic rings. The first-order valence-electron chi connectivity index (χ1n) is 10.3. The van der Waals surface area contributed by atoms with E-state index in [9.17, 15) is 4.79 Å². The molecule has 0 radical (unpaired) electrons. The average molecular weight is 373 g/mol. The van der Waals surface area contributed by atoms with Gasteiger partial charge >= 0.3 is 0 Å². The van der Waals surface area contributed by atoms with Crippen molar-refractivity contribution in [1.82, 2.24) is 14.7 Å². The summed E-state index contributed by atoms with van der Waals surface area (Å²) < 4.78 is 11.4. The molecule has 6 nitrogen and oxygen atoms in total. The van der Waals surface area contributed by atoms with Crippen LogP contribution in [0.4, 0.5) is 0 Å². The first-order valence-corrected chi connectivity index (χ1v) is 10.3. The summed E-state index contributed by atoms with van der Waals surface area (Å²) in [7, 11) is 0. The van der Waals surface area contributed by atoms with E-state index in [2.05, 4.69) is 40.1 Å². The van der Waals surface area contributed by atoms with E-state index in [4.69, 9.17) is 9.47 Å². The summed E-state index contributed by atoms with van der Waals surface area (Å²) in [6, 6.07) is 10.8. The third-order valence-corrected chi connectivity index (χ3v) is 5.94. The Morgan fingerprint density at radius 1 is 0.963 bits per heavy atom. The van der Waals surface area contributed by atoms with Crippen LogP contribution in [0.25, 0.3) is 0 Å². The number of carbonyl (C=O) groups excluding carboxylic acids is 1. The maximum absolute atomic E-state index is 12.9. The smallest absolute Gasteiger partial charge is 0.236 e. The van der Waals surface area contributed by atoms with Gasteiger partial charge in [0.1, 0.15) is 0 Å². The summed E-state index contributed by atoms with van der Waals surface area (Å²) in [6.07, 6.45) is 3.25. The van der Waals surface area contributed by atoms with Crippen LogP contribution in [0.1, 0.15) is 24.8 Å². The number of piperazine rings is 1. The number of rotatable bonds is 5. The summed E-state index contributed by atoms with van der Waals surface area (Å²) in [5.74, 6) is 0.249. The molecule has 0 aromatic heterocycles. The fraction of sp³-hybridized carbons (Fsp3) is 0.667. The summed E-state index contributed by atoms with van der Waals surface area (Å²) in [4.78, 5) is 19.6. The molecule has 0 spiro atoms. The Balaban J connectivity index is 1.26. The van der Waals surface area contributed by atoms with E-state index >= 15 is 0 Å². The van der Waals surface area contributed by atoms with Crippen LogP contribution in [-0.2, 0) is 20.8 Å². The number of likely N-dealkylation sites (tertiary alicyclic amines) is 1. The van der Waals surface area contributed by atoms with Crippen LogP contribution in [0.2, 0.25) is 0 Å². The molecule has 3 saturated heterocycles. The van der Waals surface area contributed by atoms with Crippen LogP contribution in [0, 0.1) is 0 Å². The molecular weight excluding hydrogens is 342 g/mol. The van der Waals surface area contributed by atoms with Crippen LogP contribution in [-0.4, -0.2) is 85.4 Å². The first kappa shape index (κ1) is 18.9. The minimum atomic E-state index is -0.152. The highest BCUT2D eigenvalue weighted by atomic mass is 16.7. The Morgan fingerprint density at radius 2 is 1.70 bits per heavy atom. The molecule has 0 aliphatic carbocycles. The normalized spacial score (nSPS) is 25.8. The van der Waals surface area contributed by atoms with Gasteiger partial charge in [-0.1, -0.05) is 36.8 Å². The largest absolute Gasteiger partial charge is 0.349 e. The Kier molecular flexibility index (Phi) is 6.39. The molecule has 0 N–H and O–H groups in total. The highest BCUT2D eigenvalue weighted by Gasteiger charge is 2.35. The van der Waals surface area contributed by atoms with Gasteiger partial charge < -0.3 is 14.4 Å². The summed E-state index contributed by atoms with van der Waals surface area (Å²) in [5, 5.41) is 0. The molecule has 1 aromatic carbocycles. The third-order valence-electron chi connectivity index (χ3n) is 5.94. The van der Waals surface area contributed by atoms with E-state index in [1.54, 1.807) is 0 Å². The maximum Gasteiger partial charge on any atom is 0.236 e. The quantitative estimate of drug-likeness (QED) is 0.784. The van der Waals surface area contributed by atoms with Crippen molar-refractivity contribution in [1.29, 1.82) is 0 Å². The molecule has 4 rings (SSSR count). The van der Waals surface area contributed by atoms with Crippen LogP contribution >= 0.6 is 0 Å². The lowest BCUT2D eigenvalue weighted by Crippen LogP contribution is -2.54. The van der Waals surface area contributed by atoms with E-state index in [1.165, 1.54) is 12.0 Å². The van der Waals surface area contributed by atoms with Gasteiger partial charge in [-0.05, 0) is 24.9 Å². The first-order chi connectivity index (χ1) is 13.3. The van der Waals surface area contributed by atoms with Crippen molar-refractivity contribution in [3.63, 3.8) is 0 Å². The van der Waals surface area contributed by atoms with E-state index < -0.39 is 0 Å². The lowest BCUT2D eigenvalue weighted by molar-refractivity contribution is -0.141. The second-order valence-electron chi connectivity index (χ2n) is 7.79. The van der Waals surface area contributed by atoms with Gasteiger partial charge in [-0.2, -0.15) is 0 Å². The van der Waals surface area contributed by atoms with Crippen LogP contribution in [0.15, 0.2) is 30.3 Å². The molecule has 148 valence electrons. The fourth-order valence-electron chi connectivity index (χ4n) is 4.39. The number of piperidine rings is 1. The Morgan fingerprint density at radius 3 is 2.44 bits per heavy atom. The fourth-order valence-corrected chi connectivity index (χ4v) is 4.39. The van der Waals surface area contributed by atoms with E-state index in [0.29, 0.717) is 19.8 Å². The number of benzene rings is 1. The van der Waals surface area contributed by atoms with Gasteiger partial charge in [0.05, 0.1) is 25.8 Å². The molecular formula is C21H31N3O3. The zero-order valence-electron chi connectivity index (χ0n) is 16.1. The van der Waals surface area contributed by atoms with Crippen molar-refractivity contribution >= 4 is 5.91 Å².